The van der Waals surface area contributed by atoms with E-state index in [0.717, 1.165) is 36.4 Å². The Kier molecular flexibility index (Phi) is 14.5. The Bertz CT molecular complexity index is 835. The summed E-state index contributed by atoms with van der Waals surface area (Å²) in [5.41, 5.74) is 0.774. The fourth-order valence-corrected chi connectivity index (χ4v) is 5.93. The molecule has 0 aliphatic carbocycles. The number of carbonyl (C=O) groups is 2. The number of ketones is 1. The first-order valence-electron chi connectivity index (χ1n) is 11.9. The molecule has 1 heterocycles. The first-order valence-corrected chi connectivity index (χ1v) is 14.6. The van der Waals surface area contributed by atoms with E-state index in [4.69, 9.17) is 9.84 Å². The predicted octanol–water partition coefficient (Wildman–Crippen LogP) is 7.11. The lowest BCUT2D eigenvalue weighted by Crippen LogP contribution is -2.38. The van der Waals surface area contributed by atoms with Crippen molar-refractivity contribution in [1.82, 2.24) is 4.98 Å². The number of rotatable bonds is 16. The topological polar surface area (TPSA) is 76.5 Å². The summed E-state index contributed by atoms with van der Waals surface area (Å²) in [6.07, 6.45) is 11.0. The Hall–Kier alpha value is -0.960. The van der Waals surface area contributed by atoms with Crippen LogP contribution < -0.4 is 0 Å². The summed E-state index contributed by atoms with van der Waals surface area (Å²) >= 11 is 6.39. The number of thioether (sulfide) groups is 1. The van der Waals surface area contributed by atoms with E-state index in [9.17, 15) is 9.59 Å². The Morgan fingerprint density at radius 2 is 1.97 bits per heavy atom. The minimum Gasteiger partial charge on any atom is -0.430 e. The van der Waals surface area contributed by atoms with Crippen LogP contribution in [0.25, 0.3) is 6.08 Å². The fraction of sp³-hybridized carbons (Fsp3) is 0.654. The van der Waals surface area contributed by atoms with E-state index in [1.54, 1.807) is 24.3 Å². The highest BCUT2D eigenvalue weighted by atomic mass is 79.9. The van der Waals surface area contributed by atoms with E-state index in [0.29, 0.717) is 24.5 Å². The Morgan fingerprint density at radius 3 is 2.56 bits per heavy atom. The molecule has 1 aromatic rings. The number of allylic oxidation sites excluding steroid dienone is 3. The normalized spacial score (nSPS) is 15.4. The maximum atomic E-state index is 13.1. The second-order valence-corrected chi connectivity index (χ2v) is 13.1. The van der Waals surface area contributed by atoms with Gasteiger partial charge in [0.1, 0.15) is 11.0 Å². The summed E-state index contributed by atoms with van der Waals surface area (Å²) in [7, 11) is 0. The van der Waals surface area contributed by atoms with Crippen LogP contribution in [0.4, 0.5) is 0 Å². The van der Waals surface area contributed by atoms with Gasteiger partial charge in [-0.15, -0.1) is 23.1 Å². The molecule has 2 unspecified atom stereocenters. The van der Waals surface area contributed by atoms with Crippen molar-refractivity contribution in [3.8, 4) is 0 Å². The molecule has 0 bridgehead atoms. The number of nitrogens with zero attached hydrogens (tertiary/aromatic N) is 1. The van der Waals surface area contributed by atoms with Crippen molar-refractivity contribution in [1.29, 1.82) is 0 Å². The van der Waals surface area contributed by atoms with Gasteiger partial charge >= 0.3 is 5.97 Å². The zero-order chi connectivity index (χ0) is 25.7. The van der Waals surface area contributed by atoms with Crippen LogP contribution in [0, 0.1) is 12.8 Å². The van der Waals surface area contributed by atoms with Crippen molar-refractivity contribution in [2.45, 2.75) is 94.9 Å². The maximum absolute atomic E-state index is 13.1. The highest BCUT2D eigenvalue weighted by Crippen LogP contribution is 2.35. The number of carbonyl (C=O) groups excluding carboxylic acids is 2. The number of aromatic nitrogens is 1. The second kappa shape index (κ2) is 15.9. The van der Waals surface area contributed by atoms with E-state index >= 15 is 0 Å². The number of ether oxygens (including phenoxy) is 1. The van der Waals surface area contributed by atoms with Gasteiger partial charge in [0.15, 0.2) is 5.78 Å². The lowest BCUT2D eigenvalue weighted by molar-refractivity contribution is -0.138. The molecule has 3 atom stereocenters. The fourth-order valence-electron chi connectivity index (χ4n) is 3.27. The number of aryl methyl sites for hydroxylation is 1. The highest BCUT2D eigenvalue weighted by molar-refractivity contribution is 9.10. The zero-order valence-electron chi connectivity index (χ0n) is 21.3. The summed E-state index contributed by atoms with van der Waals surface area (Å²) in [6, 6.07) is 0. The number of halogens is 1. The van der Waals surface area contributed by atoms with Crippen LogP contribution in [-0.4, -0.2) is 43.3 Å². The third kappa shape index (κ3) is 11.6. The van der Waals surface area contributed by atoms with Crippen molar-refractivity contribution in [2.75, 3.05) is 6.61 Å². The van der Waals surface area contributed by atoms with Crippen molar-refractivity contribution in [2.24, 2.45) is 5.92 Å². The monoisotopic (exact) mass is 573 g/mol. The molecule has 1 rings (SSSR count). The van der Waals surface area contributed by atoms with Gasteiger partial charge in [-0.2, -0.15) is 0 Å². The predicted molar refractivity (Wildman–Crippen MR) is 149 cm³/mol. The van der Waals surface area contributed by atoms with Gasteiger partial charge in [-0.05, 0) is 72.1 Å². The van der Waals surface area contributed by atoms with Gasteiger partial charge in [0.2, 0.25) is 0 Å². The minimum atomic E-state index is -0.721. The first kappa shape index (κ1) is 31.1. The first-order chi connectivity index (χ1) is 16.0. The molecule has 1 N–H and O–H groups in total. The molecule has 1 aromatic heterocycles. The van der Waals surface area contributed by atoms with Gasteiger partial charge in [0.25, 0.3) is 0 Å². The molecule has 0 radical (unpaired) electrons. The van der Waals surface area contributed by atoms with E-state index in [1.807, 2.05) is 40.0 Å². The highest BCUT2D eigenvalue weighted by Gasteiger charge is 2.37. The molecule has 0 saturated carbocycles. The average Bonchev–Trinajstić information content (AvgIpc) is 3.20. The minimum absolute atomic E-state index is 0.0801. The number of esters is 1. The summed E-state index contributed by atoms with van der Waals surface area (Å²) in [5.74, 6) is 0.566. The molecule has 0 aromatic carbocycles. The van der Waals surface area contributed by atoms with Crippen molar-refractivity contribution in [3.63, 3.8) is 0 Å². The lowest BCUT2D eigenvalue weighted by atomic mass is 10.0. The van der Waals surface area contributed by atoms with Crippen LogP contribution in [0.1, 0.15) is 83.8 Å². The molecule has 0 amide bonds. The molecule has 192 valence electrons. The zero-order valence-corrected chi connectivity index (χ0v) is 24.5. The molecular weight excluding hydrogens is 534 g/mol. The van der Waals surface area contributed by atoms with Crippen LogP contribution in [0.3, 0.4) is 0 Å². The third-order valence-electron chi connectivity index (χ3n) is 5.33. The molecule has 0 fully saturated rings. The van der Waals surface area contributed by atoms with E-state index < -0.39 is 10.00 Å². The number of thiazole rings is 1. The summed E-state index contributed by atoms with van der Waals surface area (Å²) in [5, 5.41) is 11.5. The van der Waals surface area contributed by atoms with Crippen LogP contribution in [0.2, 0.25) is 0 Å². The SMILES string of the molecule is CCC(Br)C(=O)C(C)(C)SC(CC/C=C\CCC[C@H](C)CO)C(=O)O/C(C)=C/c1csc(C)n1. The van der Waals surface area contributed by atoms with Gasteiger partial charge in [-0.3, -0.25) is 9.59 Å². The molecule has 0 spiro atoms. The number of alkyl halides is 1. The standard InChI is InChI=1S/C26H40BrNO4S2/c1-7-22(27)24(30)26(5,6)34-23(14-12-10-8-9-11-13-18(2)16-29)25(31)32-19(3)15-21-17-33-20(4)28-21/h8,10,15,17-18,22-23,29H,7,9,11-14,16H2,1-6H3/b10-8-,19-15+/t18-,22?,23?/m0/s1. The Labute approximate surface area is 222 Å². The summed E-state index contributed by atoms with van der Waals surface area (Å²) < 4.78 is 4.95. The van der Waals surface area contributed by atoms with E-state index in [-0.39, 0.29) is 23.2 Å². The van der Waals surface area contributed by atoms with Crippen molar-refractivity contribution >= 4 is 56.9 Å². The molecule has 8 heteroatoms. The Morgan fingerprint density at radius 1 is 1.29 bits per heavy atom. The van der Waals surface area contributed by atoms with Crippen molar-refractivity contribution in [3.05, 3.63) is 34.0 Å². The lowest BCUT2D eigenvalue weighted by Gasteiger charge is -2.28. The van der Waals surface area contributed by atoms with Crippen LogP contribution in [0.15, 0.2) is 23.3 Å². The molecule has 5 nitrogen and oxygen atoms in total. The Balaban J connectivity index is 2.82. The van der Waals surface area contributed by atoms with Gasteiger partial charge < -0.3 is 9.84 Å². The molecule has 0 aliphatic rings. The molecule has 34 heavy (non-hydrogen) atoms. The maximum Gasteiger partial charge on any atom is 0.324 e. The van der Waals surface area contributed by atoms with Crippen molar-refractivity contribution < 1.29 is 19.4 Å². The summed E-state index contributed by atoms with van der Waals surface area (Å²) in [4.78, 5) is 30.1. The van der Waals surface area contributed by atoms with Crippen LogP contribution in [0.5, 0.6) is 0 Å². The number of hydrogen-bond donors (Lipinski definition) is 1. The quantitative estimate of drug-likeness (QED) is 0.0745. The number of aliphatic hydroxyl groups excluding tert-OH is 1. The van der Waals surface area contributed by atoms with Gasteiger partial charge in [0, 0.05) is 18.1 Å². The second-order valence-electron chi connectivity index (χ2n) is 9.09. The smallest absolute Gasteiger partial charge is 0.324 e. The van der Waals surface area contributed by atoms with Gasteiger partial charge in [0.05, 0.1) is 20.3 Å². The number of aliphatic hydroxyl groups is 1. The number of Topliss-reactive ketones (excluding diaryl/α,β-unsaturated/α-hetero) is 1. The summed E-state index contributed by atoms with van der Waals surface area (Å²) in [6.45, 7) is 11.7. The molecule has 0 saturated heterocycles. The van der Waals surface area contributed by atoms with E-state index in [1.165, 1.54) is 11.8 Å². The van der Waals surface area contributed by atoms with E-state index in [2.05, 4.69) is 33.1 Å². The van der Waals surface area contributed by atoms with Gasteiger partial charge in [-0.25, -0.2) is 4.98 Å². The molecule has 0 aliphatic heterocycles. The van der Waals surface area contributed by atoms with Gasteiger partial charge in [-0.1, -0.05) is 41.9 Å². The van der Waals surface area contributed by atoms with Crippen LogP contribution >= 0.6 is 39.0 Å². The van der Waals surface area contributed by atoms with Crippen LogP contribution in [-0.2, 0) is 14.3 Å². The largest absolute Gasteiger partial charge is 0.430 e. The number of unbranched alkanes of at least 4 members (excludes halogenated alkanes) is 1. The third-order valence-corrected chi connectivity index (χ3v) is 8.69. The average molecular weight is 575 g/mol. The number of hydrogen-bond acceptors (Lipinski definition) is 7. The molecular formula is C26H40BrNO4S2.